The monoisotopic (exact) mass is 437 g/mol. The summed E-state index contributed by atoms with van der Waals surface area (Å²) in [4.78, 5) is 47.1. The van der Waals surface area contributed by atoms with Crippen molar-refractivity contribution in [2.24, 2.45) is 5.92 Å². The number of carbonyl (C=O) groups excluding carboxylic acids is 3. The zero-order valence-electron chi connectivity index (χ0n) is 17.1. The van der Waals surface area contributed by atoms with Crippen LogP contribution in [0.1, 0.15) is 35.8 Å². The predicted molar refractivity (Wildman–Crippen MR) is 117 cm³/mol. The van der Waals surface area contributed by atoms with E-state index < -0.39 is 17.5 Å². The average Bonchev–Trinajstić information content (AvgIpc) is 3.37. The van der Waals surface area contributed by atoms with Crippen LogP contribution in [-0.4, -0.2) is 45.2 Å². The molecule has 2 heterocycles. The molecule has 1 saturated carbocycles. The van der Waals surface area contributed by atoms with Crippen molar-refractivity contribution < 1.29 is 14.4 Å². The summed E-state index contributed by atoms with van der Waals surface area (Å²) in [6.07, 6.45) is 7.34. The molecule has 1 aromatic carbocycles. The Morgan fingerprint density at radius 3 is 2.87 bits per heavy atom. The van der Waals surface area contributed by atoms with E-state index in [1.807, 2.05) is 37.3 Å². The van der Waals surface area contributed by atoms with E-state index in [0.29, 0.717) is 17.6 Å². The minimum atomic E-state index is -1.23. The molecule has 2 aliphatic carbocycles. The highest BCUT2D eigenvalue weighted by atomic mass is 32.1. The molecular formula is C22H23N5O3S. The summed E-state index contributed by atoms with van der Waals surface area (Å²) in [5, 5.41) is 3.25. The fourth-order valence-electron chi connectivity index (χ4n) is 4.42. The molecular weight excluding hydrogens is 414 g/mol. The van der Waals surface area contributed by atoms with Crippen LogP contribution in [0.25, 0.3) is 6.08 Å². The minimum Gasteiger partial charge on any atom is -0.375 e. The van der Waals surface area contributed by atoms with Crippen LogP contribution in [0.5, 0.6) is 0 Å². The van der Waals surface area contributed by atoms with Gasteiger partial charge in [-0.05, 0) is 42.9 Å². The number of thiazole rings is 1. The Kier molecular flexibility index (Phi) is 4.58. The molecule has 1 aliphatic heterocycles. The van der Waals surface area contributed by atoms with Gasteiger partial charge >= 0.3 is 6.03 Å². The van der Waals surface area contributed by atoms with Crippen molar-refractivity contribution in [2.45, 2.75) is 37.9 Å². The Labute approximate surface area is 183 Å². The maximum Gasteiger partial charge on any atom is 0.326 e. The Morgan fingerprint density at radius 2 is 2.16 bits per heavy atom. The normalized spacial score (nSPS) is 22.7. The molecule has 5 rings (SSSR count). The second kappa shape index (κ2) is 7.19. The molecule has 160 valence electrons. The Balaban J connectivity index is 1.37. The molecule has 1 aromatic heterocycles. The van der Waals surface area contributed by atoms with Gasteiger partial charge in [-0.2, -0.15) is 0 Å². The molecule has 1 saturated heterocycles. The highest BCUT2D eigenvalue weighted by molar-refractivity contribution is 7.15. The van der Waals surface area contributed by atoms with Gasteiger partial charge in [0.05, 0.1) is 6.54 Å². The van der Waals surface area contributed by atoms with Crippen molar-refractivity contribution in [3.05, 3.63) is 52.5 Å². The van der Waals surface area contributed by atoms with Gasteiger partial charge in [-0.3, -0.25) is 14.5 Å². The summed E-state index contributed by atoms with van der Waals surface area (Å²) in [6, 6.07) is 6.90. The van der Waals surface area contributed by atoms with Gasteiger partial charge < -0.3 is 16.0 Å². The van der Waals surface area contributed by atoms with Crippen molar-refractivity contribution in [2.75, 3.05) is 12.3 Å². The molecule has 2 atom stereocenters. The van der Waals surface area contributed by atoms with Gasteiger partial charge in [0.2, 0.25) is 5.91 Å². The number of nitrogens with one attached hydrogen (secondary N) is 1. The maximum absolute atomic E-state index is 13.3. The zero-order chi connectivity index (χ0) is 21.8. The van der Waals surface area contributed by atoms with Crippen molar-refractivity contribution in [1.82, 2.24) is 20.1 Å². The van der Waals surface area contributed by atoms with E-state index in [2.05, 4.69) is 10.3 Å². The van der Waals surface area contributed by atoms with Crippen molar-refractivity contribution in [3.8, 4) is 0 Å². The Hall–Kier alpha value is -3.20. The molecule has 9 heteroatoms. The van der Waals surface area contributed by atoms with Gasteiger partial charge in [0, 0.05) is 17.1 Å². The summed E-state index contributed by atoms with van der Waals surface area (Å²) in [6.45, 7) is 2.08. The topological polar surface area (TPSA) is 109 Å². The van der Waals surface area contributed by atoms with Crippen molar-refractivity contribution in [1.29, 1.82) is 0 Å². The number of imide groups is 1. The van der Waals surface area contributed by atoms with Crippen LogP contribution in [-0.2, 0) is 21.7 Å². The molecule has 31 heavy (non-hydrogen) atoms. The largest absolute Gasteiger partial charge is 0.375 e. The van der Waals surface area contributed by atoms with Crippen LogP contribution < -0.4 is 11.1 Å². The summed E-state index contributed by atoms with van der Waals surface area (Å²) in [5.74, 6) is -0.247. The number of benzene rings is 1. The van der Waals surface area contributed by atoms with E-state index in [9.17, 15) is 14.4 Å². The lowest BCUT2D eigenvalue weighted by Gasteiger charge is -2.30. The van der Waals surface area contributed by atoms with E-state index in [1.54, 1.807) is 17.2 Å². The third-order valence-corrected chi connectivity index (χ3v) is 7.15. The summed E-state index contributed by atoms with van der Waals surface area (Å²) in [5.41, 5.74) is 6.13. The third kappa shape index (κ3) is 3.29. The maximum atomic E-state index is 13.3. The lowest BCUT2D eigenvalue weighted by Crippen LogP contribution is -2.47. The molecule has 3 aliphatic rings. The fourth-order valence-corrected chi connectivity index (χ4v) is 5.11. The van der Waals surface area contributed by atoms with E-state index in [-0.39, 0.29) is 18.5 Å². The number of hydrogen-bond acceptors (Lipinski definition) is 6. The second-order valence-electron chi connectivity index (χ2n) is 8.31. The predicted octanol–water partition coefficient (Wildman–Crippen LogP) is 2.33. The highest BCUT2D eigenvalue weighted by Gasteiger charge is 2.54. The lowest BCUT2D eigenvalue weighted by atomic mass is 9.92. The number of urea groups is 1. The number of aromatic nitrogens is 1. The molecule has 4 amide bonds. The Bertz CT molecular complexity index is 1110. The summed E-state index contributed by atoms with van der Waals surface area (Å²) < 4.78 is 0. The molecule has 0 radical (unpaired) electrons. The molecule has 0 unspecified atom stereocenters. The van der Waals surface area contributed by atoms with Gasteiger partial charge in [0.1, 0.15) is 6.54 Å². The molecule has 1 spiro atoms. The first-order chi connectivity index (χ1) is 14.9. The van der Waals surface area contributed by atoms with E-state index in [4.69, 9.17) is 5.73 Å². The molecule has 0 bridgehead atoms. The van der Waals surface area contributed by atoms with Crippen molar-refractivity contribution in [3.63, 3.8) is 0 Å². The van der Waals surface area contributed by atoms with Crippen molar-refractivity contribution >= 4 is 40.4 Å². The van der Waals surface area contributed by atoms with Crippen LogP contribution in [0.2, 0.25) is 0 Å². The number of amides is 4. The van der Waals surface area contributed by atoms with E-state index in [1.165, 1.54) is 11.3 Å². The van der Waals surface area contributed by atoms with Crippen LogP contribution in [0.4, 0.5) is 9.93 Å². The first kappa shape index (κ1) is 19.7. The highest BCUT2D eigenvalue weighted by Crippen LogP contribution is 2.39. The number of fused-ring (bicyclic) bond motifs is 2. The van der Waals surface area contributed by atoms with Crippen LogP contribution in [0.15, 0.2) is 36.5 Å². The number of nitrogens with zero attached hydrogens (tertiary/aromatic N) is 3. The standard InChI is InChI=1S/C22H23N5O3S/c1-13(14-6-7-14)26(11-16-10-24-20(23)31-16)18(28)12-27-19(29)22(25-21(27)30)9-8-15-4-2-3-5-17(15)22/h2-5,8-10,13-14H,6-7,11-12H2,1H3,(H2,23,24)(H,25,30)/t13-,22-/m0/s1. The van der Waals surface area contributed by atoms with Gasteiger partial charge in [-0.15, -0.1) is 11.3 Å². The lowest BCUT2D eigenvalue weighted by molar-refractivity contribution is -0.140. The Morgan fingerprint density at radius 1 is 1.39 bits per heavy atom. The average molecular weight is 438 g/mol. The smallest absolute Gasteiger partial charge is 0.326 e. The first-order valence-corrected chi connectivity index (χ1v) is 11.1. The number of rotatable bonds is 6. The number of nitrogen functional groups attached to an aromatic ring is 1. The quantitative estimate of drug-likeness (QED) is 0.674. The fraction of sp³-hybridized carbons (Fsp3) is 0.364. The molecule has 2 aromatic rings. The van der Waals surface area contributed by atoms with E-state index in [0.717, 1.165) is 33.7 Å². The number of nitrogens with two attached hydrogens (primary N) is 1. The van der Waals surface area contributed by atoms with Crippen LogP contribution in [0, 0.1) is 5.92 Å². The van der Waals surface area contributed by atoms with Crippen LogP contribution in [0.3, 0.4) is 0 Å². The summed E-state index contributed by atoms with van der Waals surface area (Å²) >= 11 is 1.34. The van der Waals surface area contributed by atoms with E-state index >= 15 is 0 Å². The molecule has 2 fully saturated rings. The number of hydrogen-bond donors (Lipinski definition) is 2. The number of anilines is 1. The first-order valence-electron chi connectivity index (χ1n) is 10.3. The van der Waals surface area contributed by atoms with Gasteiger partial charge in [-0.25, -0.2) is 9.78 Å². The van der Waals surface area contributed by atoms with Gasteiger partial charge in [0.25, 0.3) is 5.91 Å². The number of carbonyl (C=O) groups is 3. The van der Waals surface area contributed by atoms with Gasteiger partial charge in [-0.1, -0.05) is 30.3 Å². The third-order valence-electron chi connectivity index (χ3n) is 6.34. The minimum absolute atomic E-state index is 0.0117. The van der Waals surface area contributed by atoms with Crippen LogP contribution >= 0.6 is 11.3 Å². The molecule has 3 N–H and O–H groups in total. The summed E-state index contributed by atoms with van der Waals surface area (Å²) in [7, 11) is 0. The molecule has 8 nitrogen and oxygen atoms in total. The zero-order valence-corrected chi connectivity index (χ0v) is 17.9. The second-order valence-corrected chi connectivity index (χ2v) is 9.46. The van der Waals surface area contributed by atoms with Gasteiger partial charge in [0.15, 0.2) is 10.7 Å². The SMILES string of the molecule is C[C@@H](C1CC1)N(Cc1cnc(N)s1)C(=O)CN1C(=O)N[C@]2(C=Cc3ccccc32)C1=O.